The van der Waals surface area contributed by atoms with Crippen LogP contribution in [0.25, 0.3) is 11.5 Å². The molecule has 3 heterocycles. The summed E-state index contributed by atoms with van der Waals surface area (Å²) in [7, 11) is 0. The van der Waals surface area contributed by atoms with E-state index in [1.165, 1.54) is 23.2 Å². The third kappa shape index (κ3) is 1.97. The molecule has 108 valence electrons. The molecule has 1 amide bonds. The SMILES string of the molecule is O=C1Nc2cccc(n2)-c2nncn2Oc2cc(F)ccc21. The van der Waals surface area contributed by atoms with Gasteiger partial charge in [-0.05, 0) is 24.3 Å². The first-order valence-corrected chi connectivity index (χ1v) is 6.37. The third-order valence-corrected chi connectivity index (χ3v) is 3.12. The summed E-state index contributed by atoms with van der Waals surface area (Å²) in [6.45, 7) is 0. The first-order valence-electron chi connectivity index (χ1n) is 6.37. The second-order valence-corrected chi connectivity index (χ2v) is 4.57. The van der Waals surface area contributed by atoms with E-state index in [1.54, 1.807) is 18.2 Å². The van der Waals surface area contributed by atoms with Crippen LogP contribution >= 0.6 is 0 Å². The van der Waals surface area contributed by atoms with E-state index >= 15 is 0 Å². The van der Waals surface area contributed by atoms with Gasteiger partial charge >= 0.3 is 0 Å². The largest absolute Gasteiger partial charge is 0.371 e. The number of carbonyl (C=O) groups excluding carboxylic acids is 1. The number of anilines is 1. The summed E-state index contributed by atoms with van der Waals surface area (Å²) >= 11 is 0. The fourth-order valence-electron chi connectivity index (χ4n) is 2.13. The van der Waals surface area contributed by atoms with Gasteiger partial charge in [0, 0.05) is 6.07 Å². The standard InChI is InChI=1S/C14H8FN5O2/c15-8-4-5-9-11(6-8)22-20-7-16-19-13(20)10-2-1-3-12(17-10)18-14(9)21/h1-7H,(H,17,18,21). The Morgan fingerprint density at radius 1 is 1.23 bits per heavy atom. The molecule has 0 radical (unpaired) electrons. The minimum Gasteiger partial charge on any atom is -0.371 e. The van der Waals surface area contributed by atoms with E-state index in [-0.39, 0.29) is 11.3 Å². The second-order valence-electron chi connectivity index (χ2n) is 4.57. The van der Waals surface area contributed by atoms with E-state index in [9.17, 15) is 9.18 Å². The smallest absolute Gasteiger partial charge is 0.260 e. The number of aromatic nitrogens is 4. The second kappa shape index (κ2) is 4.62. The van der Waals surface area contributed by atoms with Crippen molar-refractivity contribution in [1.29, 1.82) is 0 Å². The number of fused-ring (bicyclic) bond motifs is 5. The zero-order valence-corrected chi connectivity index (χ0v) is 11.0. The van der Waals surface area contributed by atoms with E-state index in [2.05, 4.69) is 20.5 Å². The van der Waals surface area contributed by atoms with Crippen molar-refractivity contribution in [2.45, 2.75) is 0 Å². The fraction of sp³-hybridized carbons (Fsp3) is 0. The highest BCUT2D eigenvalue weighted by Gasteiger charge is 2.20. The summed E-state index contributed by atoms with van der Waals surface area (Å²) in [4.78, 5) is 22.1. The summed E-state index contributed by atoms with van der Waals surface area (Å²) in [5.41, 5.74) is 0.644. The van der Waals surface area contributed by atoms with E-state index in [4.69, 9.17) is 4.84 Å². The van der Waals surface area contributed by atoms with Gasteiger partial charge in [0.1, 0.15) is 17.3 Å². The fourth-order valence-corrected chi connectivity index (χ4v) is 2.13. The lowest BCUT2D eigenvalue weighted by atomic mass is 10.2. The normalized spacial score (nSPS) is 12.7. The number of rotatable bonds is 0. The van der Waals surface area contributed by atoms with Crippen LogP contribution in [-0.2, 0) is 0 Å². The first-order chi connectivity index (χ1) is 10.7. The predicted molar refractivity (Wildman–Crippen MR) is 73.6 cm³/mol. The average Bonchev–Trinajstić information content (AvgIpc) is 2.95. The highest BCUT2D eigenvalue weighted by atomic mass is 19.1. The van der Waals surface area contributed by atoms with Crippen molar-refractivity contribution in [2.75, 3.05) is 5.32 Å². The Balaban J connectivity index is 1.96. The number of nitrogens with zero attached hydrogens (tertiary/aromatic N) is 4. The molecule has 1 aromatic carbocycles. The zero-order valence-electron chi connectivity index (χ0n) is 11.0. The van der Waals surface area contributed by atoms with Crippen LogP contribution in [0.4, 0.5) is 10.2 Å². The van der Waals surface area contributed by atoms with Crippen molar-refractivity contribution < 1.29 is 14.0 Å². The molecule has 0 saturated heterocycles. The van der Waals surface area contributed by atoms with Crippen LogP contribution in [0, 0.1) is 5.82 Å². The predicted octanol–water partition coefficient (Wildman–Crippen LogP) is 1.89. The van der Waals surface area contributed by atoms with E-state index < -0.39 is 11.7 Å². The third-order valence-electron chi connectivity index (χ3n) is 3.12. The van der Waals surface area contributed by atoms with Crippen LogP contribution in [0.3, 0.4) is 0 Å². The molecule has 3 aromatic rings. The molecule has 22 heavy (non-hydrogen) atoms. The first kappa shape index (κ1) is 12.5. The summed E-state index contributed by atoms with van der Waals surface area (Å²) < 4.78 is 14.7. The topological polar surface area (TPSA) is 81.9 Å². The molecule has 0 unspecified atom stereocenters. The van der Waals surface area contributed by atoms with Gasteiger partial charge in [0.2, 0.25) is 5.82 Å². The van der Waals surface area contributed by atoms with Crippen LogP contribution in [0.5, 0.6) is 5.75 Å². The molecule has 0 atom stereocenters. The molecule has 1 aliphatic rings. The van der Waals surface area contributed by atoms with Gasteiger partial charge in [-0.15, -0.1) is 14.9 Å². The lowest BCUT2D eigenvalue weighted by Gasteiger charge is -2.14. The number of pyridine rings is 1. The molecule has 0 aliphatic carbocycles. The van der Waals surface area contributed by atoms with E-state index in [0.717, 1.165) is 6.07 Å². The number of carbonyl (C=O) groups is 1. The van der Waals surface area contributed by atoms with Gasteiger partial charge in [-0.3, -0.25) is 4.79 Å². The van der Waals surface area contributed by atoms with Gasteiger partial charge < -0.3 is 10.2 Å². The highest BCUT2D eigenvalue weighted by molar-refractivity contribution is 6.05. The molecule has 4 rings (SSSR count). The number of nitrogens with one attached hydrogen (secondary N) is 1. The molecule has 7 nitrogen and oxygen atoms in total. The molecule has 0 spiro atoms. The maximum absolute atomic E-state index is 13.5. The summed E-state index contributed by atoms with van der Waals surface area (Å²) in [5, 5.41) is 10.3. The number of benzene rings is 1. The number of hydrogen-bond donors (Lipinski definition) is 1. The molecule has 0 fully saturated rings. The van der Waals surface area contributed by atoms with Gasteiger partial charge in [-0.1, -0.05) is 6.07 Å². The molecular formula is C14H8FN5O2. The van der Waals surface area contributed by atoms with Crippen LogP contribution in [-0.4, -0.2) is 25.8 Å². The van der Waals surface area contributed by atoms with Crippen molar-refractivity contribution in [3.8, 4) is 17.3 Å². The monoisotopic (exact) mass is 297 g/mol. The van der Waals surface area contributed by atoms with Gasteiger partial charge in [0.05, 0.1) is 5.56 Å². The van der Waals surface area contributed by atoms with Crippen LogP contribution in [0.1, 0.15) is 10.4 Å². The van der Waals surface area contributed by atoms with E-state index in [0.29, 0.717) is 17.3 Å². The summed E-state index contributed by atoms with van der Waals surface area (Å²) in [6.07, 6.45) is 1.32. The minimum atomic E-state index is -0.519. The molecule has 1 N–H and O–H groups in total. The Bertz CT molecular complexity index is 892. The van der Waals surface area contributed by atoms with Gasteiger partial charge in [-0.2, -0.15) is 0 Å². The lowest BCUT2D eigenvalue weighted by Crippen LogP contribution is -2.18. The Morgan fingerprint density at radius 3 is 3.05 bits per heavy atom. The molecule has 0 saturated carbocycles. The Morgan fingerprint density at radius 2 is 2.14 bits per heavy atom. The highest BCUT2D eigenvalue weighted by Crippen LogP contribution is 2.25. The van der Waals surface area contributed by atoms with Crippen LogP contribution in [0.2, 0.25) is 0 Å². The van der Waals surface area contributed by atoms with Gasteiger partial charge in [0.15, 0.2) is 12.1 Å². The average molecular weight is 297 g/mol. The van der Waals surface area contributed by atoms with E-state index in [1.807, 2.05) is 0 Å². The van der Waals surface area contributed by atoms with Crippen LogP contribution < -0.4 is 10.2 Å². The number of hydrogen-bond acceptors (Lipinski definition) is 5. The minimum absolute atomic E-state index is 0.0590. The summed E-state index contributed by atoms with van der Waals surface area (Å²) in [6, 6.07) is 8.73. The lowest BCUT2D eigenvalue weighted by molar-refractivity contribution is 0.101. The Labute approximate surface area is 123 Å². The van der Waals surface area contributed by atoms with Crippen molar-refractivity contribution in [2.24, 2.45) is 0 Å². The zero-order chi connectivity index (χ0) is 15.1. The molecule has 2 aromatic heterocycles. The Kier molecular flexibility index (Phi) is 2.62. The van der Waals surface area contributed by atoms with Crippen molar-refractivity contribution in [1.82, 2.24) is 19.9 Å². The number of halogens is 1. The van der Waals surface area contributed by atoms with Gasteiger partial charge in [0.25, 0.3) is 5.91 Å². The van der Waals surface area contributed by atoms with Gasteiger partial charge in [-0.25, -0.2) is 9.37 Å². The van der Waals surface area contributed by atoms with Crippen molar-refractivity contribution in [3.63, 3.8) is 0 Å². The summed E-state index contributed by atoms with van der Waals surface area (Å²) in [5.74, 6) is -0.211. The number of amides is 1. The molecular weight excluding hydrogens is 289 g/mol. The van der Waals surface area contributed by atoms with Crippen molar-refractivity contribution >= 4 is 11.7 Å². The Hall–Kier alpha value is -3.29. The molecule has 8 heteroatoms. The quantitative estimate of drug-likeness (QED) is 0.685. The van der Waals surface area contributed by atoms with Crippen LogP contribution in [0.15, 0.2) is 42.7 Å². The van der Waals surface area contributed by atoms with Crippen molar-refractivity contribution in [3.05, 3.63) is 54.1 Å². The maximum Gasteiger partial charge on any atom is 0.260 e. The molecule has 2 bridgehead atoms. The molecule has 1 aliphatic heterocycles. The maximum atomic E-state index is 13.5.